The fourth-order valence-corrected chi connectivity index (χ4v) is 3.37. The molecule has 0 amide bonds. The normalized spacial score (nSPS) is 30.2. The lowest BCUT2D eigenvalue weighted by atomic mass is 9.79. The molecule has 3 unspecified atom stereocenters. The minimum absolute atomic E-state index is 0.453. The predicted molar refractivity (Wildman–Crippen MR) is 66.7 cm³/mol. The van der Waals surface area contributed by atoms with Crippen LogP contribution in [0.5, 0.6) is 0 Å². The van der Waals surface area contributed by atoms with Gasteiger partial charge in [0.15, 0.2) is 0 Å². The third-order valence-electron chi connectivity index (χ3n) is 3.24. The molecule has 1 aliphatic carbocycles. The Morgan fingerprint density at radius 3 is 2.86 bits per heavy atom. The smallest absolute Gasteiger partial charge is 0.0159 e. The lowest BCUT2D eigenvalue weighted by Gasteiger charge is -2.31. The van der Waals surface area contributed by atoms with Gasteiger partial charge in [0.05, 0.1) is 0 Å². The summed E-state index contributed by atoms with van der Waals surface area (Å²) in [6, 6.07) is 0.453. The second kappa shape index (κ2) is 6.73. The second-order valence-electron chi connectivity index (χ2n) is 4.77. The van der Waals surface area contributed by atoms with Crippen molar-refractivity contribution >= 4 is 11.8 Å². The number of rotatable bonds is 5. The van der Waals surface area contributed by atoms with Gasteiger partial charge < -0.3 is 5.73 Å². The maximum Gasteiger partial charge on any atom is 0.0159 e. The Bertz CT molecular complexity index is 149. The van der Waals surface area contributed by atoms with Gasteiger partial charge in [0.2, 0.25) is 0 Å². The molecule has 0 saturated heterocycles. The van der Waals surface area contributed by atoms with Gasteiger partial charge in [-0.1, -0.05) is 26.7 Å². The summed E-state index contributed by atoms with van der Waals surface area (Å²) in [7, 11) is 0. The van der Waals surface area contributed by atoms with E-state index >= 15 is 0 Å². The standard InChI is InChI=1S/C12H25NS/c1-3-7-14-9-12(13)11-6-4-5-10(2)8-11/h10-12H,3-9,13H2,1-2H3. The molecule has 2 N–H and O–H groups in total. The minimum Gasteiger partial charge on any atom is -0.327 e. The van der Waals surface area contributed by atoms with E-state index in [0.29, 0.717) is 6.04 Å². The van der Waals surface area contributed by atoms with Crippen LogP contribution in [0.4, 0.5) is 0 Å². The summed E-state index contributed by atoms with van der Waals surface area (Å²) in [6.07, 6.45) is 6.84. The zero-order valence-corrected chi connectivity index (χ0v) is 10.5. The zero-order chi connectivity index (χ0) is 10.4. The van der Waals surface area contributed by atoms with Crippen LogP contribution in [0.1, 0.15) is 46.0 Å². The van der Waals surface area contributed by atoms with Crippen LogP contribution < -0.4 is 5.73 Å². The molecule has 0 bridgehead atoms. The van der Waals surface area contributed by atoms with Crippen LogP contribution in [0.15, 0.2) is 0 Å². The van der Waals surface area contributed by atoms with Gasteiger partial charge in [-0.2, -0.15) is 11.8 Å². The number of hydrogen-bond donors (Lipinski definition) is 1. The van der Waals surface area contributed by atoms with Crippen molar-refractivity contribution in [3.05, 3.63) is 0 Å². The largest absolute Gasteiger partial charge is 0.327 e. The summed E-state index contributed by atoms with van der Waals surface area (Å²) >= 11 is 2.03. The van der Waals surface area contributed by atoms with E-state index in [9.17, 15) is 0 Å². The lowest BCUT2D eigenvalue weighted by molar-refractivity contribution is 0.256. The van der Waals surface area contributed by atoms with Crippen molar-refractivity contribution in [1.82, 2.24) is 0 Å². The number of thioether (sulfide) groups is 1. The van der Waals surface area contributed by atoms with Gasteiger partial charge in [-0.3, -0.25) is 0 Å². The highest BCUT2D eigenvalue weighted by Gasteiger charge is 2.23. The van der Waals surface area contributed by atoms with E-state index in [-0.39, 0.29) is 0 Å². The summed E-state index contributed by atoms with van der Waals surface area (Å²) < 4.78 is 0. The van der Waals surface area contributed by atoms with Gasteiger partial charge in [-0.15, -0.1) is 0 Å². The van der Waals surface area contributed by atoms with Gasteiger partial charge in [-0.25, -0.2) is 0 Å². The Balaban J connectivity index is 2.18. The van der Waals surface area contributed by atoms with E-state index in [0.717, 1.165) is 11.8 Å². The molecular weight excluding hydrogens is 190 g/mol. The molecule has 2 heteroatoms. The van der Waals surface area contributed by atoms with E-state index in [1.807, 2.05) is 11.8 Å². The highest BCUT2D eigenvalue weighted by Crippen LogP contribution is 2.31. The molecule has 0 spiro atoms. The summed E-state index contributed by atoms with van der Waals surface area (Å²) in [5.74, 6) is 4.17. The third kappa shape index (κ3) is 4.22. The molecule has 84 valence electrons. The molecule has 0 aromatic carbocycles. The quantitative estimate of drug-likeness (QED) is 0.712. The average Bonchev–Trinajstić information content (AvgIpc) is 2.18. The zero-order valence-electron chi connectivity index (χ0n) is 9.67. The molecule has 1 rings (SSSR count). The maximum absolute atomic E-state index is 6.23. The fraction of sp³-hybridized carbons (Fsp3) is 1.00. The summed E-state index contributed by atoms with van der Waals surface area (Å²) in [5, 5.41) is 0. The summed E-state index contributed by atoms with van der Waals surface area (Å²) in [6.45, 7) is 4.61. The molecule has 3 atom stereocenters. The fourth-order valence-electron chi connectivity index (χ4n) is 2.37. The molecule has 0 aromatic rings. The molecule has 1 saturated carbocycles. The van der Waals surface area contributed by atoms with Crippen LogP contribution in [0.3, 0.4) is 0 Å². The Hall–Kier alpha value is 0.310. The molecule has 0 radical (unpaired) electrons. The van der Waals surface area contributed by atoms with E-state index in [4.69, 9.17) is 5.73 Å². The Labute approximate surface area is 93.2 Å². The van der Waals surface area contributed by atoms with Crippen LogP contribution in [0.25, 0.3) is 0 Å². The molecule has 0 heterocycles. The highest BCUT2D eigenvalue weighted by molar-refractivity contribution is 7.99. The molecule has 1 fully saturated rings. The van der Waals surface area contributed by atoms with Gasteiger partial charge in [0, 0.05) is 11.8 Å². The van der Waals surface area contributed by atoms with E-state index in [1.165, 1.54) is 43.6 Å². The van der Waals surface area contributed by atoms with E-state index < -0.39 is 0 Å². The predicted octanol–water partition coefficient (Wildman–Crippen LogP) is 3.28. The van der Waals surface area contributed by atoms with Gasteiger partial charge >= 0.3 is 0 Å². The second-order valence-corrected chi connectivity index (χ2v) is 5.92. The Morgan fingerprint density at radius 1 is 1.43 bits per heavy atom. The first kappa shape index (κ1) is 12.4. The maximum atomic E-state index is 6.23. The summed E-state index contributed by atoms with van der Waals surface area (Å²) in [5.41, 5.74) is 6.23. The van der Waals surface area contributed by atoms with Gasteiger partial charge in [0.1, 0.15) is 0 Å². The lowest BCUT2D eigenvalue weighted by Crippen LogP contribution is -2.35. The highest BCUT2D eigenvalue weighted by atomic mass is 32.2. The summed E-state index contributed by atoms with van der Waals surface area (Å²) in [4.78, 5) is 0. The van der Waals surface area contributed by atoms with E-state index in [2.05, 4.69) is 13.8 Å². The first-order valence-electron chi connectivity index (χ1n) is 6.07. The molecule has 1 nitrogen and oxygen atoms in total. The van der Waals surface area contributed by atoms with Gasteiger partial charge in [0.25, 0.3) is 0 Å². The monoisotopic (exact) mass is 215 g/mol. The third-order valence-corrected chi connectivity index (χ3v) is 4.56. The molecule has 0 aromatic heterocycles. The SMILES string of the molecule is CCCSCC(N)C1CCCC(C)C1. The van der Waals surface area contributed by atoms with Crippen LogP contribution in [0, 0.1) is 11.8 Å². The van der Waals surface area contributed by atoms with Crippen molar-refractivity contribution in [3.8, 4) is 0 Å². The molecule has 0 aliphatic heterocycles. The van der Waals surface area contributed by atoms with Crippen LogP contribution in [-0.2, 0) is 0 Å². The number of hydrogen-bond acceptors (Lipinski definition) is 2. The van der Waals surface area contributed by atoms with Crippen molar-refractivity contribution in [3.63, 3.8) is 0 Å². The van der Waals surface area contributed by atoms with Crippen LogP contribution in [-0.4, -0.2) is 17.5 Å². The van der Waals surface area contributed by atoms with Crippen LogP contribution in [0.2, 0.25) is 0 Å². The number of nitrogens with two attached hydrogens (primary N) is 1. The van der Waals surface area contributed by atoms with Gasteiger partial charge in [-0.05, 0) is 36.9 Å². The van der Waals surface area contributed by atoms with Crippen molar-refractivity contribution in [1.29, 1.82) is 0 Å². The molecular formula is C12H25NS. The average molecular weight is 215 g/mol. The van der Waals surface area contributed by atoms with E-state index in [1.54, 1.807) is 0 Å². The minimum atomic E-state index is 0.453. The molecule has 1 aliphatic rings. The molecule has 14 heavy (non-hydrogen) atoms. The van der Waals surface area contributed by atoms with Crippen molar-refractivity contribution < 1.29 is 0 Å². The van der Waals surface area contributed by atoms with Crippen molar-refractivity contribution in [2.45, 2.75) is 52.0 Å². The van der Waals surface area contributed by atoms with Crippen LogP contribution >= 0.6 is 11.8 Å². The first-order valence-corrected chi connectivity index (χ1v) is 7.22. The Morgan fingerprint density at radius 2 is 2.21 bits per heavy atom. The van der Waals surface area contributed by atoms with Crippen molar-refractivity contribution in [2.75, 3.05) is 11.5 Å². The Kier molecular flexibility index (Phi) is 5.95. The first-order chi connectivity index (χ1) is 6.74. The van der Waals surface area contributed by atoms with Crippen molar-refractivity contribution in [2.24, 2.45) is 17.6 Å². The topological polar surface area (TPSA) is 26.0 Å².